The van der Waals surface area contributed by atoms with Crippen LogP contribution in [0.2, 0.25) is 0 Å². The molecule has 13 nitrogen and oxygen atoms in total. The van der Waals surface area contributed by atoms with Gasteiger partial charge in [-0.25, -0.2) is 28.7 Å². The first kappa shape index (κ1) is 43.7. The Morgan fingerprint density at radius 3 is 1.44 bits per heavy atom. The lowest BCUT2D eigenvalue weighted by molar-refractivity contribution is -0.131. The predicted octanol–water partition coefficient (Wildman–Crippen LogP) is 4.94. The number of nitrogens with two attached hydrogens (primary N) is 1. The Labute approximate surface area is 351 Å². The van der Waals surface area contributed by atoms with Gasteiger partial charge < -0.3 is 30.3 Å². The molecule has 0 radical (unpaired) electrons. The van der Waals surface area contributed by atoms with E-state index >= 15 is 0 Å². The molecule has 0 spiro atoms. The van der Waals surface area contributed by atoms with Crippen molar-refractivity contribution < 1.29 is 41.4 Å². The van der Waals surface area contributed by atoms with Crippen molar-refractivity contribution >= 4 is 28.8 Å². The Hall–Kier alpha value is -5.39. The summed E-state index contributed by atoms with van der Waals surface area (Å²) < 4.78 is 64.3. The normalized spacial score (nSPS) is 18.0. The maximum atomic E-state index is 14.6. The van der Waals surface area contributed by atoms with Gasteiger partial charge in [0.1, 0.15) is 23.3 Å². The van der Waals surface area contributed by atoms with Crippen molar-refractivity contribution in [3.05, 3.63) is 107 Å². The summed E-state index contributed by atoms with van der Waals surface area (Å²) in [5.74, 6) is -1.43. The predicted molar refractivity (Wildman–Crippen MR) is 218 cm³/mol. The van der Waals surface area contributed by atoms with Crippen molar-refractivity contribution in [2.45, 2.75) is 68.6 Å². The zero-order valence-electron chi connectivity index (χ0n) is 33.9. The number of benzene rings is 2. The number of nitrogens with zero attached hydrogens (tertiary/aromatic N) is 6. The maximum Gasteiger partial charge on any atom is 0.315 e. The van der Waals surface area contributed by atoms with Crippen molar-refractivity contribution in [1.29, 1.82) is 0 Å². The lowest BCUT2D eigenvalue weighted by Gasteiger charge is -2.43. The molecule has 17 heteroatoms. The third-order valence-corrected chi connectivity index (χ3v) is 12.3. The molecule has 324 valence electrons. The van der Waals surface area contributed by atoms with Crippen LogP contribution in [0.1, 0.15) is 82.0 Å². The molecule has 2 aromatic carbocycles. The number of Topliss-reactive ketones (excluding diaryl/α,β-unsaturated/α-hetero) is 2. The van der Waals surface area contributed by atoms with E-state index in [1.165, 1.54) is 18.5 Å². The van der Waals surface area contributed by atoms with Gasteiger partial charge in [-0.1, -0.05) is 25.0 Å². The zero-order valence-corrected chi connectivity index (χ0v) is 33.9. The van der Waals surface area contributed by atoms with Gasteiger partial charge in [-0.05, 0) is 61.1 Å². The number of amides is 1. The number of aromatic nitrogens is 4. The summed E-state index contributed by atoms with van der Waals surface area (Å²) in [7, 11) is 0. The van der Waals surface area contributed by atoms with Gasteiger partial charge in [-0.15, -0.1) is 0 Å². The van der Waals surface area contributed by atoms with Crippen molar-refractivity contribution in [2.75, 3.05) is 75.5 Å². The quantitative estimate of drug-likeness (QED) is 0.130. The number of rotatable bonds is 14. The molecule has 4 fully saturated rings. The third kappa shape index (κ3) is 10.2. The number of hydrogen-bond donors (Lipinski definition) is 2. The van der Waals surface area contributed by atoms with Gasteiger partial charge in [0.05, 0.1) is 62.0 Å². The molecular weight excluding hydrogens is 797 g/mol. The highest BCUT2D eigenvalue weighted by Gasteiger charge is 2.41. The number of ether oxygens (including phenoxy) is 2. The van der Waals surface area contributed by atoms with E-state index in [0.29, 0.717) is 94.0 Å². The third-order valence-electron chi connectivity index (χ3n) is 12.3. The Balaban J connectivity index is 0.000000186. The summed E-state index contributed by atoms with van der Waals surface area (Å²) in [6.07, 6.45) is 9.89. The number of alkyl halides is 2. The molecule has 61 heavy (non-hydrogen) atoms. The fourth-order valence-corrected chi connectivity index (χ4v) is 8.37. The second kappa shape index (κ2) is 19.5. The van der Waals surface area contributed by atoms with Crippen LogP contribution in [0.4, 0.5) is 28.9 Å². The molecule has 4 aliphatic rings. The number of nitrogens with one attached hydrogen (secondary N) is 1. The molecule has 8 rings (SSSR count). The van der Waals surface area contributed by atoms with Crippen molar-refractivity contribution in [2.24, 2.45) is 5.73 Å². The fourth-order valence-electron chi connectivity index (χ4n) is 8.37. The van der Waals surface area contributed by atoms with Gasteiger partial charge in [0, 0.05) is 74.6 Å². The van der Waals surface area contributed by atoms with E-state index in [4.69, 9.17) is 15.2 Å². The molecule has 2 saturated heterocycles. The van der Waals surface area contributed by atoms with Crippen LogP contribution < -0.4 is 20.9 Å². The average Bonchev–Trinajstić information content (AvgIpc) is 3.26. The highest BCUT2D eigenvalue weighted by Crippen LogP contribution is 2.48. The van der Waals surface area contributed by atoms with Crippen LogP contribution in [-0.4, -0.2) is 110 Å². The van der Waals surface area contributed by atoms with E-state index in [1.807, 2.05) is 34.5 Å². The van der Waals surface area contributed by atoms with Gasteiger partial charge >= 0.3 is 6.43 Å². The molecule has 1 amide bonds. The summed E-state index contributed by atoms with van der Waals surface area (Å²) in [5, 5.41) is 1.87. The second-order valence-electron chi connectivity index (χ2n) is 16.0. The van der Waals surface area contributed by atoms with Gasteiger partial charge in [0.2, 0.25) is 0 Å². The summed E-state index contributed by atoms with van der Waals surface area (Å²) in [5.41, 5.74) is 9.08. The molecule has 0 bridgehead atoms. The molecule has 2 aliphatic carbocycles. The van der Waals surface area contributed by atoms with Crippen LogP contribution in [0.5, 0.6) is 0 Å². The summed E-state index contributed by atoms with van der Waals surface area (Å²) in [4.78, 5) is 56.1. The number of hydrogen-bond acceptors (Lipinski definition) is 12. The number of anilines is 2. The minimum Gasteiger partial charge on any atom is -0.378 e. The monoisotopic (exact) mass is 846 g/mol. The van der Waals surface area contributed by atoms with Crippen molar-refractivity contribution in [3.8, 4) is 0 Å². The lowest BCUT2D eigenvalue weighted by atomic mass is 9.62. The standard InChI is InChI=1S/C23H25F3N4O3.C21H25FN4O2/c24-17-3-2-16(10-18(17)30-6-8-33-9-7-30)23(4-1-5-23)11-20-27-12-15(13-28-20)19(31)14-29-22(32)21(25)26;22-17-3-2-16(10-18(17)26-6-8-28-9-7-26)21(4-1-5-21)11-20-24-13-15(14-25-20)19(27)12-23/h2-3,10,12-13,21H,1,4-9,11,14H2,(H,29,32);2-3,10,13-14H,1,4-9,11-12,23H2. The first-order chi connectivity index (χ1) is 29.5. The van der Waals surface area contributed by atoms with Gasteiger partial charge in [0.25, 0.3) is 5.91 Å². The van der Waals surface area contributed by atoms with E-state index in [1.54, 1.807) is 18.5 Å². The second-order valence-corrected chi connectivity index (χ2v) is 16.0. The Kier molecular flexibility index (Phi) is 14.0. The number of carbonyl (C=O) groups excluding carboxylic acids is 3. The van der Waals surface area contributed by atoms with E-state index in [9.17, 15) is 31.9 Å². The SMILES string of the molecule is NCC(=O)c1cnc(CC2(c3ccc(F)c(N4CCOCC4)c3)CCC2)nc1.O=C(CNC(=O)C(F)F)c1cnc(CC2(c3ccc(F)c(N4CCOCC4)c3)CCC2)nc1. The van der Waals surface area contributed by atoms with Crippen LogP contribution >= 0.6 is 0 Å². The van der Waals surface area contributed by atoms with E-state index in [2.05, 4.69) is 24.8 Å². The van der Waals surface area contributed by atoms with Crippen LogP contribution in [0.3, 0.4) is 0 Å². The Morgan fingerprint density at radius 1 is 0.672 bits per heavy atom. The topological polar surface area (TPSA) is 166 Å². The Morgan fingerprint density at radius 2 is 1.08 bits per heavy atom. The first-order valence-corrected chi connectivity index (χ1v) is 20.7. The highest BCUT2D eigenvalue weighted by atomic mass is 19.3. The molecule has 2 aliphatic heterocycles. The summed E-state index contributed by atoms with van der Waals surface area (Å²) >= 11 is 0. The van der Waals surface area contributed by atoms with E-state index in [-0.39, 0.29) is 40.4 Å². The molecular formula is C44H50F4N8O5. The highest BCUT2D eigenvalue weighted by molar-refractivity contribution is 5.99. The number of carbonyl (C=O) groups is 3. The number of halogens is 4. The van der Waals surface area contributed by atoms with Crippen LogP contribution in [0, 0.1) is 11.6 Å². The maximum absolute atomic E-state index is 14.6. The minimum absolute atomic E-state index is 0.0491. The number of ketones is 2. The van der Waals surface area contributed by atoms with E-state index in [0.717, 1.165) is 49.7 Å². The zero-order chi connectivity index (χ0) is 43.0. The largest absolute Gasteiger partial charge is 0.378 e. The van der Waals surface area contributed by atoms with Gasteiger partial charge in [-0.2, -0.15) is 8.78 Å². The molecule has 0 atom stereocenters. The minimum atomic E-state index is -3.18. The fraction of sp³-hybridized carbons (Fsp3) is 0.477. The van der Waals surface area contributed by atoms with E-state index < -0.39 is 24.7 Å². The molecule has 0 unspecified atom stereocenters. The number of morpholine rings is 2. The van der Waals surface area contributed by atoms with Crippen LogP contribution in [0.15, 0.2) is 61.2 Å². The molecule has 4 heterocycles. The summed E-state index contributed by atoms with van der Waals surface area (Å²) in [6, 6.07) is 10.7. The summed E-state index contributed by atoms with van der Waals surface area (Å²) in [6.45, 7) is 4.47. The Bertz CT molecular complexity index is 2160. The average molecular weight is 847 g/mol. The van der Waals surface area contributed by atoms with Crippen LogP contribution in [0.25, 0.3) is 0 Å². The molecule has 4 aromatic rings. The molecule has 2 saturated carbocycles. The van der Waals surface area contributed by atoms with Crippen LogP contribution in [-0.2, 0) is 37.9 Å². The van der Waals surface area contributed by atoms with Crippen molar-refractivity contribution in [3.63, 3.8) is 0 Å². The smallest absolute Gasteiger partial charge is 0.315 e. The lowest BCUT2D eigenvalue weighted by Crippen LogP contribution is -2.39. The first-order valence-electron chi connectivity index (χ1n) is 20.7. The van der Waals surface area contributed by atoms with Gasteiger partial charge in [-0.3, -0.25) is 14.4 Å². The van der Waals surface area contributed by atoms with Crippen molar-refractivity contribution in [1.82, 2.24) is 25.3 Å². The van der Waals surface area contributed by atoms with Gasteiger partial charge in [0.15, 0.2) is 11.6 Å². The molecule has 2 aromatic heterocycles. The molecule has 3 N–H and O–H groups in total.